The van der Waals surface area contributed by atoms with E-state index in [2.05, 4.69) is 10.7 Å². The summed E-state index contributed by atoms with van der Waals surface area (Å²) in [7, 11) is 0. The van der Waals surface area contributed by atoms with Crippen molar-refractivity contribution >= 4 is 22.7 Å². The van der Waals surface area contributed by atoms with Gasteiger partial charge in [0, 0.05) is 17.8 Å². The molecule has 2 rings (SSSR count). The molecule has 2 aromatic rings. The number of para-hydroxylation sites is 1. The molecule has 6 nitrogen and oxygen atoms in total. The lowest BCUT2D eigenvalue weighted by Gasteiger charge is -2.10. The van der Waals surface area contributed by atoms with Crippen LogP contribution in [0.2, 0.25) is 0 Å². The van der Waals surface area contributed by atoms with Gasteiger partial charge in [-0.2, -0.15) is 0 Å². The topological polar surface area (TPSA) is 93.2 Å². The Morgan fingerprint density at radius 1 is 1.10 bits per heavy atom. The monoisotopic (exact) mass is 298 g/mol. The number of rotatable bonds is 4. The number of nitro benzene ring substituents is 1. The molecule has 0 saturated carbocycles. The number of hydrogen-bond acceptors (Lipinski definition) is 5. The van der Waals surface area contributed by atoms with E-state index in [0.717, 1.165) is 0 Å². The smallest absolute Gasteiger partial charge is 0.316 e. The molecule has 0 aromatic heterocycles. The normalized spacial score (nSPS) is 10.3. The van der Waals surface area contributed by atoms with Crippen molar-refractivity contribution in [1.29, 1.82) is 0 Å². The van der Waals surface area contributed by atoms with E-state index in [9.17, 15) is 23.3 Å². The van der Waals surface area contributed by atoms with Gasteiger partial charge in [-0.25, -0.2) is 13.2 Å². The predicted molar refractivity (Wildman–Crippen MR) is 70.5 cm³/mol. The lowest BCUT2D eigenvalue weighted by Crippen LogP contribution is -2.10. The first-order valence-electron chi connectivity index (χ1n) is 5.59. The zero-order chi connectivity index (χ0) is 15.6. The Morgan fingerprint density at radius 2 is 1.67 bits per heavy atom. The van der Waals surface area contributed by atoms with Gasteiger partial charge in [0.05, 0.1) is 4.92 Å². The van der Waals surface area contributed by atoms with Crippen LogP contribution in [-0.4, -0.2) is 4.92 Å². The van der Waals surface area contributed by atoms with Gasteiger partial charge < -0.3 is 10.7 Å². The number of nitro groups is 1. The van der Waals surface area contributed by atoms with Crippen LogP contribution in [0.5, 0.6) is 0 Å². The fourth-order valence-corrected chi connectivity index (χ4v) is 1.74. The molecule has 4 N–H and O–H groups in total. The van der Waals surface area contributed by atoms with E-state index in [4.69, 9.17) is 5.84 Å². The van der Waals surface area contributed by atoms with E-state index in [1.165, 1.54) is 18.2 Å². The maximum absolute atomic E-state index is 13.1. The lowest BCUT2D eigenvalue weighted by molar-refractivity contribution is -0.383. The summed E-state index contributed by atoms with van der Waals surface area (Å²) in [4.78, 5) is 10.3. The first kappa shape index (κ1) is 14.6. The van der Waals surface area contributed by atoms with Crippen LogP contribution in [0.4, 0.5) is 35.9 Å². The Balaban J connectivity index is 2.47. The van der Waals surface area contributed by atoms with Gasteiger partial charge in [-0.05, 0) is 12.1 Å². The molecule has 2 aromatic carbocycles. The third-order valence-corrected chi connectivity index (χ3v) is 2.64. The van der Waals surface area contributed by atoms with Gasteiger partial charge in [-0.1, -0.05) is 6.07 Å². The van der Waals surface area contributed by atoms with Crippen molar-refractivity contribution in [3.05, 3.63) is 57.9 Å². The Kier molecular flexibility index (Phi) is 3.94. The van der Waals surface area contributed by atoms with Crippen molar-refractivity contribution in [1.82, 2.24) is 0 Å². The van der Waals surface area contributed by atoms with E-state index in [0.29, 0.717) is 12.1 Å². The molecule has 0 bridgehead atoms. The maximum atomic E-state index is 13.1. The lowest BCUT2D eigenvalue weighted by atomic mass is 10.2. The number of hydrogen-bond donors (Lipinski definition) is 3. The summed E-state index contributed by atoms with van der Waals surface area (Å²) < 4.78 is 39.1. The standard InChI is InChI=1S/C12H9F3N4O2/c13-7-4-6(5-8(14)11(7)15)17-9-2-1-3-10(18-16)12(9)19(20)21/h1-5,17-18H,16H2. The average molecular weight is 298 g/mol. The molecule has 9 heteroatoms. The first-order chi connectivity index (χ1) is 9.93. The van der Waals surface area contributed by atoms with Gasteiger partial charge >= 0.3 is 5.69 Å². The van der Waals surface area contributed by atoms with Crippen LogP contribution in [0.15, 0.2) is 30.3 Å². The fraction of sp³-hybridized carbons (Fsp3) is 0. The van der Waals surface area contributed by atoms with E-state index in [-0.39, 0.29) is 17.1 Å². The largest absolute Gasteiger partial charge is 0.350 e. The second-order valence-electron chi connectivity index (χ2n) is 3.98. The van der Waals surface area contributed by atoms with Crippen molar-refractivity contribution in [2.75, 3.05) is 10.7 Å². The number of nitrogen functional groups attached to an aromatic ring is 1. The number of halogens is 3. The van der Waals surface area contributed by atoms with Crippen molar-refractivity contribution in [3.63, 3.8) is 0 Å². The van der Waals surface area contributed by atoms with Crippen LogP contribution in [-0.2, 0) is 0 Å². The van der Waals surface area contributed by atoms with Crippen LogP contribution < -0.4 is 16.6 Å². The van der Waals surface area contributed by atoms with Crippen LogP contribution >= 0.6 is 0 Å². The van der Waals surface area contributed by atoms with Gasteiger partial charge in [0.15, 0.2) is 17.5 Å². The van der Waals surface area contributed by atoms with Gasteiger partial charge in [0.1, 0.15) is 11.4 Å². The number of hydrazine groups is 1. The second kappa shape index (κ2) is 5.67. The molecule has 0 aliphatic carbocycles. The number of benzene rings is 2. The number of nitrogens with two attached hydrogens (primary N) is 1. The molecule has 0 radical (unpaired) electrons. The molecule has 21 heavy (non-hydrogen) atoms. The zero-order valence-corrected chi connectivity index (χ0v) is 10.4. The molecule has 0 unspecified atom stereocenters. The summed E-state index contributed by atoms with van der Waals surface area (Å²) >= 11 is 0. The molecule has 0 aliphatic rings. The zero-order valence-electron chi connectivity index (χ0n) is 10.4. The number of nitrogens with zero attached hydrogens (tertiary/aromatic N) is 1. The second-order valence-corrected chi connectivity index (χ2v) is 3.98. The summed E-state index contributed by atoms with van der Waals surface area (Å²) in [5.74, 6) is 0.731. The van der Waals surface area contributed by atoms with Crippen LogP contribution in [0.3, 0.4) is 0 Å². The van der Waals surface area contributed by atoms with Crippen LogP contribution in [0.25, 0.3) is 0 Å². The highest BCUT2D eigenvalue weighted by Gasteiger charge is 2.20. The molecule has 0 fully saturated rings. The van der Waals surface area contributed by atoms with Gasteiger partial charge in [-0.15, -0.1) is 0 Å². The van der Waals surface area contributed by atoms with Crippen molar-refractivity contribution < 1.29 is 18.1 Å². The van der Waals surface area contributed by atoms with Gasteiger partial charge in [0.2, 0.25) is 0 Å². The summed E-state index contributed by atoms with van der Waals surface area (Å²) in [5.41, 5.74) is 1.51. The van der Waals surface area contributed by atoms with Crippen LogP contribution in [0.1, 0.15) is 0 Å². The molecule has 0 aliphatic heterocycles. The quantitative estimate of drug-likeness (QED) is 0.349. The van der Waals surface area contributed by atoms with Crippen molar-refractivity contribution in [2.24, 2.45) is 5.84 Å². The molecule has 0 saturated heterocycles. The Hall–Kier alpha value is -2.81. The molecule has 0 spiro atoms. The summed E-state index contributed by atoms with van der Waals surface area (Å²) in [6, 6.07) is 5.49. The van der Waals surface area contributed by atoms with Gasteiger partial charge in [0.25, 0.3) is 0 Å². The Labute approximate surface area is 116 Å². The number of anilines is 3. The third-order valence-electron chi connectivity index (χ3n) is 2.64. The van der Waals surface area contributed by atoms with Crippen molar-refractivity contribution in [3.8, 4) is 0 Å². The minimum Gasteiger partial charge on any atom is -0.350 e. The molecule has 110 valence electrons. The third kappa shape index (κ3) is 2.87. The van der Waals surface area contributed by atoms with E-state index >= 15 is 0 Å². The van der Waals surface area contributed by atoms with Crippen molar-refractivity contribution in [2.45, 2.75) is 0 Å². The minimum atomic E-state index is -1.62. The molecule has 0 amide bonds. The number of nitrogens with one attached hydrogen (secondary N) is 2. The molecule has 0 heterocycles. The highest BCUT2D eigenvalue weighted by Crippen LogP contribution is 2.34. The summed E-state index contributed by atoms with van der Waals surface area (Å²) in [6.45, 7) is 0. The fourth-order valence-electron chi connectivity index (χ4n) is 1.74. The van der Waals surface area contributed by atoms with Gasteiger partial charge in [-0.3, -0.25) is 16.0 Å². The predicted octanol–water partition coefficient (Wildman–Crippen LogP) is 3.04. The summed E-state index contributed by atoms with van der Waals surface area (Å²) in [5, 5.41) is 13.5. The highest BCUT2D eigenvalue weighted by molar-refractivity contribution is 5.79. The van der Waals surface area contributed by atoms with E-state index in [1.54, 1.807) is 0 Å². The molecular weight excluding hydrogens is 289 g/mol. The van der Waals surface area contributed by atoms with E-state index < -0.39 is 28.1 Å². The Morgan fingerprint density at radius 3 is 2.19 bits per heavy atom. The first-order valence-corrected chi connectivity index (χ1v) is 5.59. The maximum Gasteiger partial charge on any atom is 0.316 e. The molecular formula is C12H9F3N4O2. The molecule has 0 atom stereocenters. The van der Waals surface area contributed by atoms with E-state index in [1.807, 2.05) is 0 Å². The summed E-state index contributed by atoms with van der Waals surface area (Å²) in [6.07, 6.45) is 0. The average Bonchev–Trinajstić information content (AvgIpc) is 2.44. The Bertz CT molecular complexity index is 686. The van der Waals surface area contributed by atoms with Crippen LogP contribution in [0, 0.1) is 27.6 Å². The SMILES string of the molecule is NNc1cccc(Nc2cc(F)c(F)c(F)c2)c1[N+](=O)[O-]. The highest BCUT2D eigenvalue weighted by atomic mass is 19.2. The minimum absolute atomic E-state index is 0.00746.